The van der Waals surface area contributed by atoms with Crippen LogP contribution in [0.2, 0.25) is 0 Å². The minimum absolute atomic E-state index is 0.245. The molecule has 0 radical (unpaired) electrons. The Hall–Kier alpha value is -1.97. The lowest BCUT2D eigenvalue weighted by atomic mass is 9.98. The van der Waals surface area contributed by atoms with Gasteiger partial charge in [0.15, 0.2) is 12.2 Å². The van der Waals surface area contributed by atoms with Crippen molar-refractivity contribution in [2.75, 3.05) is 6.61 Å². The molecule has 0 amide bonds. The molecule has 0 aromatic rings. The van der Waals surface area contributed by atoms with Crippen LogP contribution in [0.3, 0.4) is 0 Å². The Bertz CT molecular complexity index is 523. The third-order valence-electron chi connectivity index (χ3n) is 2.87. The molecule has 0 aromatic heterocycles. The number of hydrogen-bond donors (Lipinski definition) is 1. The maximum atomic E-state index is 11.3. The molecule has 10 nitrogen and oxygen atoms in total. The van der Waals surface area contributed by atoms with E-state index in [-0.39, 0.29) is 6.61 Å². The SMILES string of the molecule is CC(=O)OC[C@H]1O[C@H](S)[C@H](N=[N+]=[N-])[C@@H](OC(C)=O)[C@@H]1OC(C)=O. The van der Waals surface area contributed by atoms with E-state index in [1.165, 1.54) is 6.92 Å². The first-order valence-electron chi connectivity index (χ1n) is 6.61. The number of rotatable bonds is 5. The summed E-state index contributed by atoms with van der Waals surface area (Å²) < 4.78 is 20.6. The summed E-state index contributed by atoms with van der Waals surface area (Å²) in [6.45, 7) is 3.27. The molecular formula is C12H17N3O7S. The molecule has 1 aliphatic rings. The molecule has 0 spiro atoms. The van der Waals surface area contributed by atoms with Crippen LogP contribution in [0.5, 0.6) is 0 Å². The highest BCUT2D eigenvalue weighted by Crippen LogP contribution is 2.30. The summed E-state index contributed by atoms with van der Waals surface area (Å²) in [7, 11) is 0. The molecule has 1 fully saturated rings. The molecule has 0 bridgehead atoms. The number of nitrogens with zero attached hydrogens (tertiary/aromatic N) is 3. The normalized spacial score (nSPS) is 29.8. The summed E-state index contributed by atoms with van der Waals surface area (Å²) in [5, 5.41) is 3.49. The standard InChI is InChI=1S/C12H17N3O7S/c1-5(16)19-4-8-10(20-6(2)17)11(21-7(3)18)9(14-15-13)12(23)22-8/h8-12,23H,4H2,1-3H3/t8-,9-,10-,11-,12-/m1/s1. The maximum absolute atomic E-state index is 11.3. The van der Waals surface area contributed by atoms with E-state index in [1.54, 1.807) is 0 Å². The molecule has 128 valence electrons. The average molecular weight is 347 g/mol. The lowest BCUT2D eigenvalue weighted by molar-refractivity contribution is -0.208. The minimum atomic E-state index is -1.12. The fraction of sp³-hybridized carbons (Fsp3) is 0.750. The second kappa shape index (κ2) is 8.61. The van der Waals surface area contributed by atoms with Crippen molar-refractivity contribution in [2.45, 2.75) is 50.6 Å². The first-order chi connectivity index (χ1) is 10.8. The quantitative estimate of drug-likeness (QED) is 0.193. The van der Waals surface area contributed by atoms with Gasteiger partial charge in [-0.25, -0.2) is 0 Å². The summed E-state index contributed by atoms with van der Waals surface area (Å²) in [4.78, 5) is 36.3. The van der Waals surface area contributed by atoms with Crippen LogP contribution in [0.25, 0.3) is 10.4 Å². The lowest BCUT2D eigenvalue weighted by Crippen LogP contribution is -2.59. The van der Waals surface area contributed by atoms with Crippen LogP contribution < -0.4 is 0 Å². The van der Waals surface area contributed by atoms with E-state index < -0.39 is 47.7 Å². The zero-order chi connectivity index (χ0) is 17.6. The second-order valence-electron chi connectivity index (χ2n) is 4.71. The van der Waals surface area contributed by atoms with Gasteiger partial charge in [-0.15, -0.1) is 12.6 Å². The van der Waals surface area contributed by atoms with E-state index in [9.17, 15) is 14.4 Å². The van der Waals surface area contributed by atoms with Crippen molar-refractivity contribution in [1.82, 2.24) is 0 Å². The van der Waals surface area contributed by atoms with Gasteiger partial charge in [-0.3, -0.25) is 14.4 Å². The van der Waals surface area contributed by atoms with Crippen LogP contribution in [-0.2, 0) is 33.3 Å². The Morgan fingerprint density at radius 2 is 1.70 bits per heavy atom. The Kier molecular flexibility index (Phi) is 7.14. The van der Waals surface area contributed by atoms with E-state index in [0.29, 0.717) is 0 Å². The van der Waals surface area contributed by atoms with Crippen molar-refractivity contribution in [3.05, 3.63) is 10.4 Å². The zero-order valence-corrected chi connectivity index (χ0v) is 13.6. The zero-order valence-electron chi connectivity index (χ0n) is 12.7. The summed E-state index contributed by atoms with van der Waals surface area (Å²) in [6, 6.07) is -1.02. The Morgan fingerprint density at radius 1 is 1.13 bits per heavy atom. The predicted octanol–water partition coefficient (Wildman–Crippen LogP) is 0.746. The molecule has 1 heterocycles. The van der Waals surface area contributed by atoms with E-state index in [4.69, 9.17) is 24.5 Å². The molecule has 11 heteroatoms. The number of hydrogen-bond acceptors (Lipinski definition) is 9. The number of carbonyl (C=O) groups excluding carboxylic acids is 3. The second-order valence-corrected chi connectivity index (χ2v) is 5.22. The van der Waals surface area contributed by atoms with Crippen molar-refractivity contribution in [3.8, 4) is 0 Å². The van der Waals surface area contributed by atoms with Gasteiger partial charge in [0.1, 0.15) is 24.2 Å². The van der Waals surface area contributed by atoms with Crippen molar-refractivity contribution in [3.63, 3.8) is 0 Å². The van der Waals surface area contributed by atoms with E-state index >= 15 is 0 Å². The van der Waals surface area contributed by atoms with Gasteiger partial charge in [-0.05, 0) is 5.53 Å². The molecule has 0 aromatic carbocycles. The number of thiol groups is 1. The summed E-state index contributed by atoms with van der Waals surface area (Å²) in [6.07, 6.45) is -3.17. The third-order valence-corrected chi connectivity index (χ3v) is 3.30. The fourth-order valence-electron chi connectivity index (χ4n) is 2.08. The number of ether oxygens (including phenoxy) is 4. The Balaban J connectivity index is 3.11. The Labute approximate surface area is 137 Å². The van der Waals surface area contributed by atoms with Gasteiger partial charge in [-0.2, -0.15) is 0 Å². The first kappa shape index (κ1) is 19.1. The van der Waals surface area contributed by atoms with Gasteiger partial charge >= 0.3 is 17.9 Å². The molecular weight excluding hydrogens is 330 g/mol. The largest absolute Gasteiger partial charge is 0.463 e. The molecule has 1 rings (SSSR count). The van der Waals surface area contributed by atoms with E-state index in [1.807, 2.05) is 0 Å². The van der Waals surface area contributed by atoms with Crippen molar-refractivity contribution in [1.29, 1.82) is 0 Å². The van der Waals surface area contributed by atoms with Crippen LogP contribution in [0.4, 0.5) is 0 Å². The van der Waals surface area contributed by atoms with Gasteiger partial charge in [0.05, 0.1) is 0 Å². The van der Waals surface area contributed by atoms with Crippen molar-refractivity contribution < 1.29 is 33.3 Å². The molecule has 0 N–H and O–H groups in total. The minimum Gasteiger partial charge on any atom is -0.463 e. The van der Waals surface area contributed by atoms with Crippen LogP contribution in [-0.4, -0.2) is 54.3 Å². The highest BCUT2D eigenvalue weighted by molar-refractivity contribution is 7.80. The molecule has 0 saturated carbocycles. The molecule has 5 atom stereocenters. The molecule has 0 unspecified atom stereocenters. The van der Waals surface area contributed by atoms with Crippen LogP contribution in [0.15, 0.2) is 5.11 Å². The third kappa shape index (κ3) is 5.62. The van der Waals surface area contributed by atoms with Crippen LogP contribution in [0, 0.1) is 0 Å². The average Bonchev–Trinajstić information content (AvgIpc) is 2.42. The molecule has 23 heavy (non-hydrogen) atoms. The monoisotopic (exact) mass is 347 g/mol. The van der Waals surface area contributed by atoms with Gasteiger partial charge in [-0.1, -0.05) is 5.11 Å². The summed E-state index contributed by atoms with van der Waals surface area (Å²) >= 11 is 4.15. The maximum Gasteiger partial charge on any atom is 0.303 e. The molecule has 1 aliphatic heterocycles. The highest BCUT2D eigenvalue weighted by Gasteiger charge is 2.49. The first-order valence-corrected chi connectivity index (χ1v) is 7.13. The fourth-order valence-corrected chi connectivity index (χ4v) is 2.47. The van der Waals surface area contributed by atoms with E-state index in [2.05, 4.69) is 22.7 Å². The number of esters is 3. The summed E-state index contributed by atoms with van der Waals surface area (Å²) in [5.41, 5.74) is 7.71. The van der Waals surface area contributed by atoms with Gasteiger partial charge in [0.25, 0.3) is 0 Å². The Morgan fingerprint density at radius 3 is 2.17 bits per heavy atom. The van der Waals surface area contributed by atoms with Crippen molar-refractivity contribution in [2.24, 2.45) is 5.11 Å². The number of carbonyl (C=O) groups is 3. The lowest BCUT2D eigenvalue weighted by Gasteiger charge is -2.42. The summed E-state index contributed by atoms with van der Waals surface area (Å²) in [5.74, 6) is -1.90. The highest BCUT2D eigenvalue weighted by atomic mass is 32.1. The predicted molar refractivity (Wildman–Crippen MR) is 78.3 cm³/mol. The van der Waals surface area contributed by atoms with Gasteiger partial charge in [0.2, 0.25) is 0 Å². The van der Waals surface area contributed by atoms with Gasteiger partial charge < -0.3 is 18.9 Å². The van der Waals surface area contributed by atoms with Crippen LogP contribution >= 0.6 is 12.6 Å². The van der Waals surface area contributed by atoms with E-state index in [0.717, 1.165) is 13.8 Å². The van der Waals surface area contributed by atoms with Crippen molar-refractivity contribution >= 4 is 30.5 Å². The van der Waals surface area contributed by atoms with Crippen LogP contribution in [0.1, 0.15) is 20.8 Å². The van der Waals surface area contributed by atoms with Gasteiger partial charge in [0, 0.05) is 25.7 Å². The molecule has 0 aliphatic carbocycles. The smallest absolute Gasteiger partial charge is 0.303 e. The number of azide groups is 1. The molecule has 1 saturated heterocycles. The topological polar surface area (TPSA) is 137 Å².